The fraction of sp³-hybridized carbons (Fsp3) is 0.517. The van der Waals surface area contributed by atoms with Crippen molar-refractivity contribution in [3.8, 4) is 5.75 Å². The number of likely N-dealkylation sites (tertiary alicyclic amines) is 1. The molecule has 2 aromatic rings. The SMILES string of the molecule is COc1ccc(S(=O)(=O)Nc2cc(C3CCN(C(=O)OC(C)(C)C)CC3)c3c(c2)C2(CCC2)C(=O)C3)c(F)c1. The molecule has 10 heteroatoms. The maximum absolute atomic E-state index is 14.7. The first-order valence-electron chi connectivity index (χ1n) is 13.4. The Kier molecular flexibility index (Phi) is 6.89. The van der Waals surface area contributed by atoms with E-state index in [1.54, 1.807) is 17.0 Å². The maximum Gasteiger partial charge on any atom is 0.410 e. The summed E-state index contributed by atoms with van der Waals surface area (Å²) in [5, 5.41) is 0. The minimum atomic E-state index is -4.25. The second-order valence-corrected chi connectivity index (χ2v) is 13.4. The van der Waals surface area contributed by atoms with E-state index in [1.807, 2.05) is 20.8 Å². The predicted octanol–water partition coefficient (Wildman–Crippen LogP) is 5.30. The van der Waals surface area contributed by atoms with Gasteiger partial charge in [0.2, 0.25) is 0 Å². The normalized spacial score (nSPS) is 19.0. The molecular weight excluding hydrogens is 523 g/mol. The molecule has 1 heterocycles. The second kappa shape index (κ2) is 9.80. The third kappa shape index (κ3) is 5.11. The quantitative estimate of drug-likeness (QED) is 0.535. The Balaban J connectivity index is 1.46. The van der Waals surface area contributed by atoms with E-state index in [0.29, 0.717) is 38.0 Å². The molecule has 0 unspecified atom stereocenters. The lowest BCUT2D eigenvalue weighted by atomic mass is 9.64. The van der Waals surface area contributed by atoms with Crippen molar-refractivity contribution in [1.29, 1.82) is 0 Å². The van der Waals surface area contributed by atoms with Gasteiger partial charge in [-0.1, -0.05) is 6.42 Å². The van der Waals surface area contributed by atoms with Crippen molar-refractivity contribution in [3.63, 3.8) is 0 Å². The van der Waals surface area contributed by atoms with Crippen molar-refractivity contribution in [2.45, 2.75) is 81.1 Å². The van der Waals surface area contributed by atoms with Crippen LogP contribution in [0.4, 0.5) is 14.9 Å². The van der Waals surface area contributed by atoms with Crippen molar-refractivity contribution in [3.05, 3.63) is 52.8 Å². The minimum Gasteiger partial charge on any atom is -0.497 e. The van der Waals surface area contributed by atoms with E-state index in [9.17, 15) is 22.4 Å². The Labute approximate surface area is 228 Å². The number of nitrogens with one attached hydrogen (secondary N) is 1. The van der Waals surface area contributed by atoms with Crippen LogP contribution in [0.25, 0.3) is 0 Å². The van der Waals surface area contributed by atoms with Gasteiger partial charge in [0, 0.05) is 31.3 Å². The van der Waals surface area contributed by atoms with Gasteiger partial charge in [-0.3, -0.25) is 9.52 Å². The Morgan fingerprint density at radius 1 is 1.13 bits per heavy atom. The van der Waals surface area contributed by atoms with Crippen LogP contribution in [0, 0.1) is 5.82 Å². The van der Waals surface area contributed by atoms with Crippen LogP contribution in [0.3, 0.4) is 0 Å². The minimum absolute atomic E-state index is 0.0441. The molecule has 1 aliphatic heterocycles. The summed E-state index contributed by atoms with van der Waals surface area (Å²) in [7, 11) is -2.87. The van der Waals surface area contributed by atoms with Crippen molar-refractivity contribution >= 4 is 27.6 Å². The molecule has 2 aromatic carbocycles. The average molecular weight is 559 g/mol. The Bertz CT molecular complexity index is 1420. The van der Waals surface area contributed by atoms with Gasteiger partial charge in [0.05, 0.1) is 12.5 Å². The standard InChI is InChI=1S/C29H35FN2O6S/c1-28(2,3)38-27(34)32-12-8-18(9-13-32)21-14-19(15-23-22(21)17-26(33)29(23)10-5-11-29)31-39(35,36)25-7-6-20(37-4)16-24(25)30/h6-7,14-16,18,31H,5,8-13,17H2,1-4H3. The highest BCUT2D eigenvalue weighted by Gasteiger charge is 2.51. The first-order valence-corrected chi connectivity index (χ1v) is 14.9. The third-order valence-electron chi connectivity index (χ3n) is 8.15. The van der Waals surface area contributed by atoms with E-state index in [-0.39, 0.29) is 23.5 Å². The summed E-state index contributed by atoms with van der Waals surface area (Å²) < 4.78 is 54.2. The van der Waals surface area contributed by atoms with Crippen LogP contribution in [0.15, 0.2) is 35.2 Å². The average Bonchev–Trinajstić information content (AvgIpc) is 3.14. The summed E-state index contributed by atoms with van der Waals surface area (Å²) >= 11 is 0. The Hall–Kier alpha value is -3.14. The highest BCUT2D eigenvalue weighted by Crippen LogP contribution is 2.53. The van der Waals surface area contributed by atoms with Crippen LogP contribution in [0.1, 0.15) is 75.5 Å². The number of anilines is 1. The molecular formula is C29H35FN2O6S. The second-order valence-electron chi connectivity index (χ2n) is 11.8. The Morgan fingerprint density at radius 2 is 1.82 bits per heavy atom. The van der Waals surface area contributed by atoms with Crippen LogP contribution in [-0.2, 0) is 31.4 Å². The van der Waals surface area contributed by atoms with Crippen molar-refractivity contribution in [2.75, 3.05) is 24.9 Å². The van der Waals surface area contributed by atoms with E-state index in [0.717, 1.165) is 42.0 Å². The zero-order valence-electron chi connectivity index (χ0n) is 22.8. The number of fused-ring (bicyclic) bond motifs is 2. The molecule has 1 saturated heterocycles. The Morgan fingerprint density at radius 3 is 2.38 bits per heavy atom. The lowest BCUT2D eigenvalue weighted by Gasteiger charge is -2.38. The van der Waals surface area contributed by atoms with Gasteiger partial charge in [0.25, 0.3) is 10.0 Å². The fourth-order valence-corrected chi connectivity index (χ4v) is 7.14. The van der Waals surface area contributed by atoms with E-state index in [4.69, 9.17) is 9.47 Å². The molecule has 0 atom stereocenters. The number of Topliss-reactive ketones (excluding diaryl/α,β-unsaturated/α-hetero) is 1. The zero-order chi connectivity index (χ0) is 28.2. The molecule has 0 bridgehead atoms. The number of benzene rings is 2. The summed E-state index contributed by atoms with van der Waals surface area (Å²) in [6.45, 7) is 6.50. The number of ketones is 1. The van der Waals surface area contributed by atoms with Crippen LogP contribution < -0.4 is 9.46 Å². The van der Waals surface area contributed by atoms with Crippen LogP contribution in [0.2, 0.25) is 0 Å². The summed E-state index contributed by atoms with van der Waals surface area (Å²) in [6, 6.07) is 7.15. The number of amides is 1. The maximum atomic E-state index is 14.7. The number of piperidine rings is 1. The smallest absolute Gasteiger partial charge is 0.410 e. The molecule has 8 nitrogen and oxygen atoms in total. The van der Waals surface area contributed by atoms with Crippen molar-refractivity contribution in [2.24, 2.45) is 0 Å². The number of rotatable bonds is 5. The zero-order valence-corrected chi connectivity index (χ0v) is 23.6. The molecule has 210 valence electrons. The number of hydrogen-bond acceptors (Lipinski definition) is 6. The number of nitrogens with zero attached hydrogens (tertiary/aromatic N) is 1. The summed E-state index contributed by atoms with van der Waals surface area (Å²) in [4.78, 5) is 27.0. The largest absolute Gasteiger partial charge is 0.497 e. The van der Waals surface area contributed by atoms with Crippen LogP contribution in [-0.4, -0.2) is 51.0 Å². The summed E-state index contributed by atoms with van der Waals surface area (Å²) in [5.74, 6) is -0.474. The van der Waals surface area contributed by atoms with Gasteiger partial charge in [-0.05, 0) is 93.3 Å². The molecule has 2 aliphatic carbocycles. The molecule has 0 radical (unpaired) electrons. The molecule has 1 amide bonds. The molecule has 39 heavy (non-hydrogen) atoms. The van der Waals surface area contributed by atoms with E-state index < -0.39 is 31.8 Å². The van der Waals surface area contributed by atoms with E-state index in [2.05, 4.69) is 4.72 Å². The highest BCUT2D eigenvalue weighted by atomic mass is 32.2. The highest BCUT2D eigenvalue weighted by molar-refractivity contribution is 7.92. The number of methoxy groups -OCH3 is 1. The topological polar surface area (TPSA) is 102 Å². The molecule has 3 aliphatic rings. The summed E-state index contributed by atoms with van der Waals surface area (Å²) in [5.41, 5.74) is 1.97. The van der Waals surface area contributed by atoms with Crippen LogP contribution >= 0.6 is 0 Å². The van der Waals surface area contributed by atoms with Gasteiger partial charge in [-0.2, -0.15) is 0 Å². The van der Waals surface area contributed by atoms with Crippen molar-refractivity contribution < 1.29 is 31.9 Å². The number of hydrogen-bond donors (Lipinski definition) is 1. The molecule has 1 N–H and O–H groups in total. The van der Waals surface area contributed by atoms with E-state index in [1.165, 1.54) is 19.2 Å². The molecule has 0 aromatic heterocycles. The van der Waals surface area contributed by atoms with Gasteiger partial charge in [0.15, 0.2) is 0 Å². The number of carbonyl (C=O) groups is 2. The lowest BCUT2D eigenvalue weighted by Crippen LogP contribution is -2.41. The van der Waals surface area contributed by atoms with Crippen LogP contribution in [0.5, 0.6) is 5.75 Å². The predicted molar refractivity (Wildman–Crippen MR) is 144 cm³/mol. The van der Waals surface area contributed by atoms with Gasteiger partial charge in [-0.15, -0.1) is 0 Å². The monoisotopic (exact) mass is 558 g/mol. The number of ether oxygens (including phenoxy) is 2. The first-order chi connectivity index (χ1) is 18.3. The van der Waals surface area contributed by atoms with Gasteiger partial charge >= 0.3 is 6.09 Å². The lowest BCUT2D eigenvalue weighted by molar-refractivity contribution is -0.125. The van der Waals surface area contributed by atoms with Gasteiger partial charge < -0.3 is 14.4 Å². The molecule has 2 fully saturated rings. The molecule has 5 rings (SSSR count). The summed E-state index contributed by atoms with van der Waals surface area (Å²) in [6.07, 6.45) is 3.75. The third-order valence-corrected chi connectivity index (χ3v) is 9.56. The number of halogens is 1. The number of carbonyl (C=O) groups excluding carboxylic acids is 2. The molecule has 1 saturated carbocycles. The van der Waals surface area contributed by atoms with E-state index >= 15 is 0 Å². The first kappa shape index (κ1) is 27.4. The van der Waals surface area contributed by atoms with Crippen molar-refractivity contribution in [1.82, 2.24) is 4.90 Å². The van der Waals surface area contributed by atoms with Gasteiger partial charge in [-0.25, -0.2) is 17.6 Å². The fourth-order valence-electron chi connectivity index (χ4n) is 6.04. The number of sulfonamides is 1. The van der Waals surface area contributed by atoms with Gasteiger partial charge in [0.1, 0.15) is 27.8 Å². The molecule has 1 spiro atoms.